The Balaban J connectivity index is 1.60. The summed E-state index contributed by atoms with van der Waals surface area (Å²) in [5.41, 5.74) is 1.69. The fourth-order valence-electron chi connectivity index (χ4n) is 2.80. The zero-order valence-corrected chi connectivity index (χ0v) is 18.0. The molecule has 2 aromatic carbocycles. The standard InChI is InChI=1S/C21H22ClN3O3S/c1-13(2)19(14-8-10-15(27-3)11-9-14)23-18(26)12-29-21-25-24-20(28-21)16-6-4-5-7-17(16)22/h4-11,13,19H,12H2,1-3H3,(H,23,26). The molecule has 1 heterocycles. The van der Waals surface area contributed by atoms with Crippen molar-refractivity contribution in [2.75, 3.05) is 12.9 Å². The number of halogens is 1. The summed E-state index contributed by atoms with van der Waals surface area (Å²) in [6.45, 7) is 4.13. The van der Waals surface area contributed by atoms with Crippen molar-refractivity contribution >= 4 is 29.3 Å². The van der Waals surface area contributed by atoms with Crippen molar-refractivity contribution in [2.24, 2.45) is 5.92 Å². The number of ether oxygens (including phenoxy) is 1. The number of carbonyl (C=O) groups is 1. The van der Waals surface area contributed by atoms with Crippen LogP contribution in [-0.2, 0) is 4.79 Å². The Kier molecular flexibility index (Phi) is 7.17. The van der Waals surface area contributed by atoms with Crippen LogP contribution in [0.15, 0.2) is 58.2 Å². The Labute approximate surface area is 179 Å². The van der Waals surface area contributed by atoms with Gasteiger partial charge in [0.2, 0.25) is 11.8 Å². The number of nitrogens with zero attached hydrogens (tertiary/aromatic N) is 2. The van der Waals surface area contributed by atoms with E-state index in [1.54, 1.807) is 19.2 Å². The molecule has 1 unspecified atom stereocenters. The van der Waals surface area contributed by atoms with Crippen LogP contribution in [0, 0.1) is 5.92 Å². The number of hydrogen-bond donors (Lipinski definition) is 1. The molecule has 3 rings (SSSR count). The number of rotatable bonds is 8. The Hall–Kier alpha value is -2.51. The maximum Gasteiger partial charge on any atom is 0.277 e. The average Bonchev–Trinajstić information content (AvgIpc) is 3.19. The van der Waals surface area contributed by atoms with Crippen LogP contribution in [0.3, 0.4) is 0 Å². The van der Waals surface area contributed by atoms with Gasteiger partial charge < -0.3 is 14.5 Å². The molecule has 0 saturated carbocycles. The molecule has 29 heavy (non-hydrogen) atoms. The lowest BCUT2D eigenvalue weighted by atomic mass is 9.96. The van der Waals surface area contributed by atoms with Crippen molar-refractivity contribution < 1.29 is 13.9 Å². The van der Waals surface area contributed by atoms with Crippen LogP contribution in [0.25, 0.3) is 11.5 Å². The highest BCUT2D eigenvalue weighted by atomic mass is 35.5. The van der Waals surface area contributed by atoms with Crippen LogP contribution in [0.2, 0.25) is 5.02 Å². The molecule has 8 heteroatoms. The van der Waals surface area contributed by atoms with Crippen LogP contribution in [-0.4, -0.2) is 29.0 Å². The third-order valence-electron chi connectivity index (χ3n) is 4.30. The first kappa shape index (κ1) is 21.2. The van der Waals surface area contributed by atoms with Crippen molar-refractivity contribution in [3.63, 3.8) is 0 Å². The van der Waals surface area contributed by atoms with Crippen molar-refractivity contribution in [2.45, 2.75) is 25.1 Å². The second-order valence-electron chi connectivity index (χ2n) is 6.70. The molecule has 0 aliphatic rings. The van der Waals surface area contributed by atoms with Gasteiger partial charge in [0.15, 0.2) is 0 Å². The molecule has 1 atom stereocenters. The molecule has 1 amide bonds. The van der Waals surface area contributed by atoms with Gasteiger partial charge in [-0.2, -0.15) is 0 Å². The topological polar surface area (TPSA) is 77.2 Å². The van der Waals surface area contributed by atoms with Gasteiger partial charge in [-0.25, -0.2) is 0 Å². The zero-order chi connectivity index (χ0) is 20.8. The minimum absolute atomic E-state index is 0.102. The van der Waals surface area contributed by atoms with E-state index in [1.165, 1.54) is 11.8 Å². The van der Waals surface area contributed by atoms with E-state index in [0.717, 1.165) is 11.3 Å². The maximum absolute atomic E-state index is 12.5. The quantitative estimate of drug-likeness (QED) is 0.505. The Morgan fingerprint density at radius 1 is 1.17 bits per heavy atom. The second-order valence-corrected chi connectivity index (χ2v) is 8.04. The monoisotopic (exact) mass is 431 g/mol. The molecule has 6 nitrogen and oxygen atoms in total. The molecule has 0 fully saturated rings. The minimum Gasteiger partial charge on any atom is -0.497 e. The first-order valence-electron chi connectivity index (χ1n) is 9.12. The van der Waals surface area contributed by atoms with Crippen LogP contribution in [0.1, 0.15) is 25.5 Å². The lowest BCUT2D eigenvalue weighted by molar-refractivity contribution is -0.119. The Morgan fingerprint density at radius 2 is 1.90 bits per heavy atom. The molecule has 0 aliphatic carbocycles. The molecule has 0 radical (unpaired) electrons. The Bertz CT molecular complexity index is 960. The molecule has 0 bridgehead atoms. The van der Waals surface area contributed by atoms with Gasteiger partial charge in [0, 0.05) is 0 Å². The van der Waals surface area contributed by atoms with Crippen LogP contribution >= 0.6 is 23.4 Å². The molecular weight excluding hydrogens is 410 g/mol. The maximum atomic E-state index is 12.5. The fourth-order valence-corrected chi connectivity index (χ4v) is 3.59. The molecule has 152 valence electrons. The number of nitrogens with one attached hydrogen (secondary N) is 1. The van der Waals surface area contributed by atoms with Gasteiger partial charge in [0.05, 0.1) is 29.5 Å². The summed E-state index contributed by atoms with van der Waals surface area (Å²) < 4.78 is 10.8. The summed E-state index contributed by atoms with van der Waals surface area (Å²) in [4.78, 5) is 12.5. The number of methoxy groups -OCH3 is 1. The van der Waals surface area contributed by atoms with Crippen LogP contribution < -0.4 is 10.1 Å². The van der Waals surface area contributed by atoms with E-state index in [2.05, 4.69) is 29.4 Å². The SMILES string of the molecule is COc1ccc(C(NC(=O)CSc2nnc(-c3ccccc3Cl)o2)C(C)C)cc1. The summed E-state index contributed by atoms with van der Waals surface area (Å²) in [7, 11) is 1.63. The lowest BCUT2D eigenvalue weighted by Gasteiger charge is -2.23. The van der Waals surface area contributed by atoms with Crippen LogP contribution in [0.5, 0.6) is 5.75 Å². The van der Waals surface area contributed by atoms with Gasteiger partial charge in [-0.1, -0.05) is 61.5 Å². The van der Waals surface area contributed by atoms with Crippen molar-refractivity contribution in [1.29, 1.82) is 0 Å². The van der Waals surface area contributed by atoms with Gasteiger partial charge in [0.25, 0.3) is 5.22 Å². The number of carbonyl (C=O) groups excluding carboxylic acids is 1. The number of thioether (sulfide) groups is 1. The highest BCUT2D eigenvalue weighted by Gasteiger charge is 2.19. The van der Waals surface area contributed by atoms with E-state index in [4.69, 9.17) is 20.8 Å². The third kappa shape index (κ3) is 5.52. The summed E-state index contributed by atoms with van der Waals surface area (Å²) in [6.07, 6.45) is 0. The number of amides is 1. The summed E-state index contributed by atoms with van der Waals surface area (Å²) in [6, 6.07) is 14.8. The lowest BCUT2D eigenvalue weighted by Crippen LogP contribution is -2.32. The predicted molar refractivity (Wildman–Crippen MR) is 114 cm³/mol. The van der Waals surface area contributed by atoms with E-state index < -0.39 is 0 Å². The van der Waals surface area contributed by atoms with Crippen molar-refractivity contribution in [3.8, 4) is 17.2 Å². The average molecular weight is 432 g/mol. The molecule has 3 aromatic rings. The van der Waals surface area contributed by atoms with Gasteiger partial charge in [-0.15, -0.1) is 10.2 Å². The fraction of sp³-hybridized carbons (Fsp3) is 0.286. The van der Waals surface area contributed by atoms with E-state index in [9.17, 15) is 4.79 Å². The molecule has 0 spiro atoms. The van der Waals surface area contributed by atoms with Gasteiger partial charge >= 0.3 is 0 Å². The Morgan fingerprint density at radius 3 is 2.55 bits per heavy atom. The second kappa shape index (κ2) is 9.80. The first-order valence-corrected chi connectivity index (χ1v) is 10.5. The predicted octanol–water partition coefficient (Wildman–Crippen LogP) is 5.00. The molecule has 1 aromatic heterocycles. The van der Waals surface area contributed by atoms with E-state index in [0.29, 0.717) is 21.7 Å². The highest BCUT2D eigenvalue weighted by molar-refractivity contribution is 7.99. The van der Waals surface area contributed by atoms with Crippen molar-refractivity contribution in [3.05, 3.63) is 59.1 Å². The molecular formula is C21H22ClN3O3S. The van der Waals surface area contributed by atoms with E-state index in [1.807, 2.05) is 36.4 Å². The van der Waals surface area contributed by atoms with Gasteiger partial charge in [0.1, 0.15) is 5.75 Å². The minimum atomic E-state index is -0.109. The summed E-state index contributed by atoms with van der Waals surface area (Å²) >= 11 is 7.34. The van der Waals surface area contributed by atoms with E-state index in [-0.39, 0.29) is 23.6 Å². The van der Waals surface area contributed by atoms with Crippen LogP contribution in [0.4, 0.5) is 0 Å². The molecule has 0 saturated heterocycles. The number of benzene rings is 2. The normalized spacial score (nSPS) is 12.0. The first-order chi connectivity index (χ1) is 14.0. The van der Waals surface area contributed by atoms with Crippen molar-refractivity contribution in [1.82, 2.24) is 15.5 Å². The summed E-state index contributed by atoms with van der Waals surface area (Å²) in [5.74, 6) is 1.40. The van der Waals surface area contributed by atoms with Gasteiger partial charge in [-0.3, -0.25) is 4.79 Å². The zero-order valence-electron chi connectivity index (χ0n) is 16.4. The highest BCUT2D eigenvalue weighted by Crippen LogP contribution is 2.29. The van der Waals surface area contributed by atoms with E-state index >= 15 is 0 Å². The molecule has 0 aliphatic heterocycles. The number of hydrogen-bond acceptors (Lipinski definition) is 6. The number of aromatic nitrogens is 2. The largest absolute Gasteiger partial charge is 0.497 e. The smallest absolute Gasteiger partial charge is 0.277 e. The molecule has 1 N–H and O–H groups in total. The summed E-state index contributed by atoms with van der Waals surface area (Å²) in [5, 5.41) is 11.9. The third-order valence-corrected chi connectivity index (χ3v) is 5.44. The van der Waals surface area contributed by atoms with Gasteiger partial charge in [-0.05, 0) is 35.7 Å².